The van der Waals surface area contributed by atoms with Gasteiger partial charge in [0.05, 0.1) is 44.5 Å². The van der Waals surface area contributed by atoms with Crippen molar-refractivity contribution in [1.82, 2.24) is 33.7 Å². The van der Waals surface area contributed by atoms with Gasteiger partial charge in [-0.2, -0.15) is 0 Å². The normalized spacial score (nSPS) is 25.7. The standard InChI is InChI=1S/C75H97N7O14/c1-16-18-19-21-46(20-17-2)71(9,10)76-56(83)43-22-25-50-53(28-43)59(86)80(57(50)84)48-33-69(5,6)38-74(14,35-48)41-78-65(94)77(40-73(13)32-47(31-68(3,4)37-73)72(11,12)82-61(88)52-27-24-45(64(92)93)30-55(52)62(82)89)66(95)79(67(78)96)42-75(15)36-49(34-70(7,8)39-75)81-58(85)51-26-23-44(63(90)91)29-54(51)60(81)87/h22-30,46-49H,16-21,31-42H2,1-15H3,(H,76,83)(H,90,91)(H,92,93). The van der Waals surface area contributed by atoms with Crippen LogP contribution in [-0.4, -0.2) is 115 Å². The third-order valence-corrected chi connectivity index (χ3v) is 22.3. The lowest BCUT2D eigenvalue weighted by molar-refractivity contribution is -0.0252. The molecule has 21 nitrogen and oxygen atoms in total. The predicted molar refractivity (Wildman–Crippen MR) is 360 cm³/mol. The number of unbranched alkanes of at least 4 members (excludes halogenated alkanes) is 2. The number of nitrogens with zero attached hydrogens (tertiary/aromatic N) is 6. The molecule has 3 aliphatic heterocycles. The molecule has 3 fully saturated rings. The molecule has 3 aromatic carbocycles. The Morgan fingerprint density at radius 2 is 0.833 bits per heavy atom. The van der Waals surface area contributed by atoms with Crippen LogP contribution in [0.15, 0.2) is 69.0 Å². The second kappa shape index (κ2) is 24.8. The molecule has 10 rings (SSSR count). The van der Waals surface area contributed by atoms with E-state index in [4.69, 9.17) is 0 Å². The molecule has 96 heavy (non-hydrogen) atoms. The minimum absolute atomic E-state index is 0.0206. The Hall–Kier alpha value is -8.10. The van der Waals surface area contributed by atoms with E-state index in [2.05, 4.69) is 19.2 Å². The minimum atomic E-state index is -1.26. The van der Waals surface area contributed by atoms with Crippen LogP contribution in [0, 0.1) is 44.3 Å². The van der Waals surface area contributed by atoms with E-state index in [1.165, 1.54) is 63.2 Å². The van der Waals surface area contributed by atoms with Crippen LogP contribution in [0.3, 0.4) is 0 Å². The highest BCUT2D eigenvalue weighted by Gasteiger charge is 2.55. The van der Waals surface area contributed by atoms with Crippen molar-refractivity contribution in [2.45, 2.75) is 243 Å². The Labute approximate surface area is 561 Å². The number of nitrogens with one attached hydrogen (secondary N) is 1. The molecule has 21 heteroatoms. The van der Waals surface area contributed by atoms with Crippen LogP contribution >= 0.6 is 0 Å². The van der Waals surface area contributed by atoms with Crippen molar-refractivity contribution in [2.75, 3.05) is 0 Å². The van der Waals surface area contributed by atoms with E-state index < -0.39 is 126 Å². The van der Waals surface area contributed by atoms with Gasteiger partial charge >= 0.3 is 29.0 Å². The van der Waals surface area contributed by atoms with Crippen LogP contribution < -0.4 is 22.4 Å². The van der Waals surface area contributed by atoms with Crippen molar-refractivity contribution in [3.05, 3.63) is 136 Å². The van der Waals surface area contributed by atoms with Gasteiger partial charge in [0, 0.05) is 48.4 Å². The molecule has 516 valence electrons. The fourth-order valence-electron chi connectivity index (χ4n) is 19.1. The van der Waals surface area contributed by atoms with Crippen molar-refractivity contribution in [1.29, 1.82) is 0 Å². The van der Waals surface area contributed by atoms with E-state index in [0.29, 0.717) is 44.9 Å². The lowest BCUT2D eigenvalue weighted by Gasteiger charge is -2.53. The summed E-state index contributed by atoms with van der Waals surface area (Å²) in [5.74, 6) is -6.61. The van der Waals surface area contributed by atoms with E-state index in [1.54, 1.807) is 19.9 Å². The first-order chi connectivity index (χ1) is 44.5. The van der Waals surface area contributed by atoms with E-state index in [0.717, 1.165) is 52.2 Å². The number of carbonyl (C=O) groups excluding carboxylic acids is 7. The molecule has 6 aliphatic rings. The molecular weight excluding hydrogens is 1220 g/mol. The number of imide groups is 3. The van der Waals surface area contributed by atoms with E-state index in [1.807, 2.05) is 76.2 Å². The van der Waals surface area contributed by atoms with Crippen molar-refractivity contribution in [3.8, 4) is 0 Å². The third kappa shape index (κ3) is 13.2. The van der Waals surface area contributed by atoms with Gasteiger partial charge < -0.3 is 15.5 Å². The van der Waals surface area contributed by atoms with Gasteiger partial charge in [0.1, 0.15) is 0 Å². The Morgan fingerprint density at radius 3 is 1.25 bits per heavy atom. The van der Waals surface area contributed by atoms with Crippen LogP contribution in [0.2, 0.25) is 0 Å². The summed E-state index contributed by atoms with van der Waals surface area (Å²) >= 11 is 0. The zero-order chi connectivity index (χ0) is 70.7. The van der Waals surface area contributed by atoms with E-state index in [9.17, 15) is 53.4 Å². The number of hydrogen-bond acceptors (Lipinski definition) is 12. The van der Waals surface area contributed by atoms with Gasteiger partial charge in [-0.05, 0) is 197 Å². The molecule has 3 N–H and O–H groups in total. The number of amides is 7. The molecule has 1 aromatic heterocycles. The van der Waals surface area contributed by atoms with Crippen molar-refractivity contribution < 1.29 is 53.4 Å². The summed E-state index contributed by atoms with van der Waals surface area (Å²) in [6.07, 6.45) is 9.17. The first-order valence-corrected chi connectivity index (χ1v) is 34.3. The maximum absolute atomic E-state index is 15.8. The Balaban J connectivity index is 1.01. The van der Waals surface area contributed by atoms with Crippen LogP contribution in [0.25, 0.3) is 0 Å². The third-order valence-electron chi connectivity index (χ3n) is 22.3. The SMILES string of the molecule is CCCCCC(CCC)C(C)(C)NC(=O)c1ccc2c(c1)C(=O)N(C1CC(C)(C)CC(C)(Cn3c(=O)n(CC4(C)CC(N5C(=O)c6ccc(C(=O)O)cc6C5=O)CC(C)(C)C4)c(=O)n(CC4(C)CC(C(C)(C)N5C(=O)c6ccc(C(=O)O)cc6C5=O)CC(C)(C)C4)c3=O)C1)C2=O. The minimum Gasteiger partial charge on any atom is -0.478 e. The second-order valence-electron chi connectivity index (χ2n) is 33.9. The number of fused-ring (bicyclic) bond motifs is 3. The smallest absolute Gasteiger partial charge is 0.336 e. The molecule has 7 amide bonds. The summed E-state index contributed by atoms with van der Waals surface area (Å²) in [6, 6.07) is 10.8. The van der Waals surface area contributed by atoms with E-state index >= 15 is 14.4 Å². The molecule has 0 saturated heterocycles. The van der Waals surface area contributed by atoms with Gasteiger partial charge in [-0.1, -0.05) is 102 Å². The molecule has 3 saturated carbocycles. The zero-order valence-corrected chi connectivity index (χ0v) is 58.7. The molecule has 4 aromatic rings. The Kier molecular flexibility index (Phi) is 18.2. The summed E-state index contributed by atoms with van der Waals surface area (Å²) in [7, 11) is 0. The maximum Gasteiger partial charge on any atom is 0.336 e. The topological polar surface area (TPSA) is 282 Å². The first-order valence-electron chi connectivity index (χ1n) is 34.3. The van der Waals surface area contributed by atoms with Gasteiger partial charge in [-0.25, -0.2) is 37.7 Å². The molecule has 3 aliphatic carbocycles. The Bertz CT molecular complexity index is 4150. The molecule has 7 atom stereocenters. The number of benzene rings is 3. The summed E-state index contributed by atoms with van der Waals surface area (Å²) in [5.41, 5.74) is -8.75. The summed E-state index contributed by atoms with van der Waals surface area (Å²) in [4.78, 5) is 176. The molecule has 0 radical (unpaired) electrons. The number of aromatic carboxylic acids is 2. The fraction of sp³-hybridized carbons (Fsp3) is 0.600. The van der Waals surface area contributed by atoms with Crippen LogP contribution in [0.4, 0.5) is 0 Å². The quantitative estimate of drug-likeness (QED) is 0.0517. The number of carbonyl (C=O) groups is 9. The molecule has 0 spiro atoms. The van der Waals surface area contributed by atoms with Gasteiger partial charge in [0.15, 0.2) is 0 Å². The largest absolute Gasteiger partial charge is 0.478 e. The molecule has 7 unspecified atom stereocenters. The van der Waals surface area contributed by atoms with Crippen molar-refractivity contribution in [3.63, 3.8) is 0 Å². The number of rotatable bonds is 21. The van der Waals surface area contributed by atoms with E-state index in [-0.39, 0.29) is 94.4 Å². The van der Waals surface area contributed by atoms with Crippen LogP contribution in [0.5, 0.6) is 0 Å². The van der Waals surface area contributed by atoms with Gasteiger partial charge in [-0.15, -0.1) is 0 Å². The van der Waals surface area contributed by atoms with Crippen LogP contribution in [0.1, 0.15) is 293 Å². The number of carboxylic acids is 2. The molecular formula is C75H97N7O14. The highest BCUT2D eigenvalue weighted by atomic mass is 16.4. The van der Waals surface area contributed by atoms with Crippen LogP contribution in [-0.2, 0) is 19.6 Å². The average molecular weight is 1320 g/mol. The second-order valence-corrected chi connectivity index (χ2v) is 33.9. The number of aromatic nitrogens is 3. The maximum atomic E-state index is 15.8. The van der Waals surface area contributed by atoms with Crippen molar-refractivity contribution in [2.24, 2.45) is 44.3 Å². The van der Waals surface area contributed by atoms with Gasteiger partial charge in [0.25, 0.3) is 41.4 Å². The predicted octanol–water partition coefficient (Wildman–Crippen LogP) is 11.7. The van der Waals surface area contributed by atoms with Gasteiger partial charge in [0.2, 0.25) is 0 Å². The highest BCUT2D eigenvalue weighted by Crippen LogP contribution is 2.55. The molecule has 4 heterocycles. The Morgan fingerprint density at radius 1 is 0.469 bits per heavy atom. The summed E-state index contributed by atoms with van der Waals surface area (Å²) in [6.45, 7) is 29.1. The van der Waals surface area contributed by atoms with Crippen molar-refractivity contribution >= 4 is 53.3 Å². The molecule has 0 bridgehead atoms. The monoisotopic (exact) mass is 1320 g/mol. The number of hydrogen-bond donors (Lipinski definition) is 3. The number of carboxylic acid groups (broad SMARTS) is 2. The summed E-state index contributed by atoms with van der Waals surface area (Å²) < 4.78 is 3.31. The highest BCUT2D eigenvalue weighted by molar-refractivity contribution is 6.24. The van der Waals surface area contributed by atoms with Gasteiger partial charge in [-0.3, -0.25) is 48.3 Å². The average Bonchev–Trinajstić information content (AvgIpc) is 1.39. The first kappa shape index (κ1) is 70.7. The summed E-state index contributed by atoms with van der Waals surface area (Å²) in [5, 5.41) is 22.8. The lowest BCUT2D eigenvalue weighted by atomic mass is 9.57. The lowest BCUT2D eigenvalue weighted by Crippen LogP contribution is -2.60. The zero-order valence-electron chi connectivity index (χ0n) is 58.7. The fourth-order valence-corrected chi connectivity index (χ4v) is 19.1.